The molecule has 39 heavy (non-hydrogen) atoms. The van der Waals surface area contributed by atoms with Crippen molar-refractivity contribution in [1.29, 1.82) is 0 Å². The second-order valence-electron chi connectivity index (χ2n) is 9.30. The second kappa shape index (κ2) is 13.1. The molecule has 1 aliphatic rings. The molecule has 0 spiro atoms. The van der Waals surface area contributed by atoms with Crippen molar-refractivity contribution < 1.29 is 19.0 Å². The van der Waals surface area contributed by atoms with Crippen LogP contribution in [0.15, 0.2) is 57.3 Å². The normalized spacial score (nSPS) is 14.7. The molecule has 1 aliphatic heterocycles. The van der Waals surface area contributed by atoms with Crippen molar-refractivity contribution >= 4 is 51.2 Å². The molecule has 1 N–H and O–H groups in total. The average Bonchev–Trinajstić information content (AvgIpc) is 3.30. The molecular formula is C28H32BrClN4O4S. The van der Waals surface area contributed by atoms with Gasteiger partial charge in [0, 0.05) is 16.5 Å². The number of fused-ring (bicyclic) bond motifs is 1. The van der Waals surface area contributed by atoms with Crippen molar-refractivity contribution in [3.05, 3.63) is 68.3 Å². The molecule has 0 radical (unpaired) electrons. The van der Waals surface area contributed by atoms with Crippen molar-refractivity contribution in [2.45, 2.75) is 63.6 Å². The predicted octanol–water partition coefficient (Wildman–Crippen LogP) is 7.41. The summed E-state index contributed by atoms with van der Waals surface area (Å²) in [5.41, 5.74) is 2.85. The Morgan fingerprint density at radius 1 is 1.28 bits per heavy atom. The van der Waals surface area contributed by atoms with Gasteiger partial charge in [0.1, 0.15) is 6.04 Å². The minimum Gasteiger partial charge on any atom is -0.493 e. The number of hydrogen-bond acceptors (Lipinski definition) is 8. The molecule has 208 valence electrons. The Labute approximate surface area is 246 Å². The van der Waals surface area contributed by atoms with Crippen LogP contribution in [0.25, 0.3) is 0 Å². The van der Waals surface area contributed by atoms with E-state index in [1.165, 1.54) is 11.8 Å². The highest BCUT2D eigenvalue weighted by molar-refractivity contribution is 9.10. The van der Waals surface area contributed by atoms with E-state index in [2.05, 4.69) is 28.2 Å². The van der Waals surface area contributed by atoms with Gasteiger partial charge in [-0.2, -0.15) is 4.98 Å². The fourth-order valence-electron chi connectivity index (χ4n) is 4.16. The first kappa shape index (κ1) is 29.3. The molecule has 0 aliphatic carbocycles. The van der Waals surface area contributed by atoms with E-state index in [0.717, 1.165) is 28.4 Å². The van der Waals surface area contributed by atoms with E-state index in [1.807, 2.05) is 57.2 Å². The number of ether oxygens (including phenoxy) is 3. The molecule has 0 bridgehead atoms. The van der Waals surface area contributed by atoms with Gasteiger partial charge in [0.05, 0.1) is 29.9 Å². The first-order valence-electron chi connectivity index (χ1n) is 12.7. The zero-order valence-corrected chi connectivity index (χ0v) is 25.7. The van der Waals surface area contributed by atoms with Gasteiger partial charge in [-0.25, -0.2) is 9.48 Å². The summed E-state index contributed by atoms with van der Waals surface area (Å²) in [6.45, 7) is 8.17. The maximum atomic E-state index is 13.4. The Morgan fingerprint density at radius 2 is 2.05 bits per heavy atom. The Bertz CT molecular complexity index is 1380. The van der Waals surface area contributed by atoms with Crippen molar-refractivity contribution in [3.63, 3.8) is 0 Å². The number of unbranched alkanes of at least 4 members (excludes halogenated alkanes) is 1. The summed E-state index contributed by atoms with van der Waals surface area (Å²) in [7, 11) is 1.60. The number of methoxy groups -OCH3 is 1. The SMILES string of the molecule is CCCCOc1c(Br)cc(C2C(C(=O)OC(C)C)=C(C)Nc3nc(SCc4ccccc4Cl)nn32)cc1OC. The third-order valence-corrected chi connectivity index (χ3v) is 7.87. The van der Waals surface area contributed by atoms with Crippen LogP contribution < -0.4 is 14.8 Å². The van der Waals surface area contributed by atoms with Gasteiger partial charge in [0.25, 0.3) is 0 Å². The number of anilines is 1. The van der Waals surface area contributed by atoms with Gasteiger partial charge in [-0.1, -0.05) is 54.9 Å². The van der Waals surface area contributed by atoms with E-state index in [4.69, 9.17) is 35.9 Å². The van der Waals surface area contributed by atoms with Crippen LogP contribution in [-0.2, 0) is 15.3 Å². The number of nitrogens with zero attached hydrogens (tertiary/aromatic N) is 3. The molecule has 8 nitrogen and oxygen atoms in total. The molecule has 2 heterocycles. The fraction of sp³-hybridized carbons (Fsp3) is 0.393. The quantitative estimate of drug-likeness (QED) is 0.132. The number of rotatable bonds is 11. The number of allylic oxidation sites excluding steroid dienone is 1. The van der Waals surface area contributed by atoms with Gasteiger partial charge < -0.3 is 19.5 Å². The largest absolute Gasteiger partial charge is 0.493 e. The van der Waals surface area contributed by atoms with E-state index < -0.39 is 12.0 Å². The molecule has 0 saturated carbocycles. The lowest BCUT2D eigenvalue weighted by Crippen LogP contribution is -2.30. The maximum Gasteiger partial charge on any atom is 0.338 e. The Kier molecular flexibility index (Phi) is 9.85. The molecule has 4 rings (SSSR count). The van der Waals surface area contributed by atoms with Crippen LogP contribution in [0.5, 0.6) is 11.5 Å². The fourth-order valence-corrected chi connectivity index (χ4v) is 5.85. The summed E-state index contributed by atoms with van der Waals surface area (Å²) in [5.74, 6) is 1.87. The lowest BCUT2D eigenvalue weighted by molar-refractivity contribution is -0.143. The standard InChI is InChI=1S/C28H32BrClN4O4S/c1-6-7-12-37-25-20(29)13-19(14-22(25)36-5)24-23(26(35)38-16(2)3)17(4)31-27-32-28(33-34(24)27)39-15-18-10-8-9-11-21(18)30/h8-11,13-14,16,24H,6-7,12,15H2,1-5H3,(H,31,32,33). The third-order valence-electron chi connectivity index (χ3n) is 6.02. The number of esters is 1. The zero-order chi connectivity index (χ0) is 28.1. The van der Waals surface area contributed by atoms with Gasteiger partial charge in [-0.05, 0) is 72.4 Å². The number of aromatic nitrogens is 3. The molecule has 1 aromatic heterocycles. The van der Waals surface area contributed by atoms with E-state index in [-0.39, 0.29) is 6.10 Å². The van der Waals surface area contributed by atoms with Crippen LogP contribution in [0, 0.1) is 0 Å². The number of carbonyl (C=O) groups is 1. The average molecular weight is 636 g/mol. The Balaban J connectivity index is 1.75. The van der Waals surface area contributed by atoms with Crippen LogP contribution >= 0.6 is 39.3 Å². The molecule has 0 fully saturated rings. The summed E-state index contributed by atoms with van der Waals surface area (Å²) in [6, 6.07) is 10.9. The number of nitrogens with one attached hydrogen (secondary N) is 1. The number of benzene rings is 2. The number of hydrogen-bond donors (Lipinski definition) is 1. The van der Waals surface area contributed by atoms with Crippen molar-refractivity contribution in [3.8, 4) is 11.5 Å². The summed E-state index contributed by atoms with van der Waals surface area (Å²) in [5, 5.41) is 9.29. The summed E-state index contributed by atoms with van der Waals surface area (Å²) in [6.07, 6.45) is 1.66. The molecular weight excluding hydrogens is 604 g/mol. The summed E-state index contributed by atoms with van der Waals surface area (Å²) >= 11 is 11.5. The molecule has 11 heteroatoms. The summed E-state index contributed by atoms with van der Waals surface area (Å²) in [4.78, 5) is 18.1. The van der Waals surface area contributed by atoms with Gasteiger partial charge in [-0.15, -0.1) is 5.10 Å². The molecule has 0 saturated heterocycles. The third kappa shape index (κ3) is 6.73. The van der Waals surface area contributed by atoms with Gasteiger partial charge >= 0.3 is 5.97 Å². The van der Waals surface area contributed by atoms with Crippen molar-refractivity contribution in [2.75, 3.05) is 19.0 Å². The lowest BCUT2D eigenvalue weighted by Gasteiger charge is -2.29. The highest BCUT2D eigenvalue weighted by Crippen LogP contribution is 2.43. The number of carbonyl (C=O) groups excluding carboxylic acids is 1. The first-order valence-corrected chi connectivity index (χ1v) is 14.9. The lowest BCUT2D eigenvalue weighted by atomic mass is 9.95. The van der Waals surface area contributed by atoms with Gasteiger partial charge in [-0.3, -0.25) is 0 Å². The Hall–Kier alpha value is -2.69. The molecule has 2 aromatic carbocycles. The van der Waals surface area contributed by atoms with E-state index >= 15 is 0 Å². The monoisotopic (exact) mass is 634 g/mol. The first-order chi connectivity index (χ1) is 18.7. The van der Waals surface area contributed by atoms with Gasteiger partial charge in [0.15, 0.2) is 11.5 Å². The molecule has 1 unspecified atom stereocenters. The number of halogens is 2. The van der Waals surface area contributed by atoms with Crippen LogP contribution in [0.1, 0.15) is 57.7 Å². The summed E-state index contributed by atoms with van der Waals surface area (Å²) < 4.78 is 19.8. The van der Waals surface area contributed by atoms with E-state index in [1.54, 1.807) is 11.8 Å². The number of thioether (sulfide) groups is 1. The highest BCUT2D eigenvalue weighted by atomic mass is 79.9. The van der Waals surface area contributed by atoms with E-state index in [0.29, 0.717) is 51.3 Å². The predicted molar refractivity (Wildman–Crippen MR) is 158 cm³/mol. The molecule has 0 amide bonds. The smallest absolute Gasteiger partial charge is 0.338 e. The minimum absolute atomic E-state index is 0.284. The van der Waals surface area contributed by atoms with Crippen LogP contribution in [0.3, 0.4) is 0 Å². The Morgan fingerprint density at radius 3 is 2.74 bits per heavy atom. The van der Waals surface area contributed by atoms with E-state index in [9.17, 15) is 4.79 Å². The zero-order valence-electron chi connectivity index (χ0n) is 22.6. The topological polar surface area (TPSA) is 87.5 Å². The van der Waals surface area contributed by atoms with Crippen molar-refractivity contribution in [1.82, 2.24) is 14.8 Å². The van der Waals surface area contributed by atoms with Gasteiger partial charge in [0.2, 0.25) is 11.1 Å². The maximum absolute atomic E-state index is 13.4. The highest BCUT2D eigenvalue weighted by Gasteiger charge is 2.36. The second-order valence-corrected chi connectivity index (χ2v) is 11.5. The molecule has 3 aromatic rings. The van der Waals surface area contributed by atoms with Crippen LogP contribution in [-0.4, -0.2) is 40.6 Å². The molecule has 1 atom stereocenters. The van der Waals surface area contributed by atoms with Crippen LogP contribution in [0.4, 0.5) is 5.95 Å². The minimum atomic E-state index is -0.607. The van der Waals surface area contributed by atoms with Crippen molar-refractivity contribution in [2.24, 2.45) is 0 Å². The van der Waals surface area contributed by atoms with Crippen LogP contribution in [0.2, 0.25) is 5.02 Å².